The maximum atomic E-state index is 12.4. The minimum Gasteiger partial charge on any atom is -0.409 e. The van der Waals surface area contributed by atoms with Gasteiger partial charge in [-0.1, -0.05) is 23.4 Å². The van der Waals surface area contributed by atoms with Crippen LogP contribution in [0.2, 0.25) is 0 Å². The third kappa shape index (κ3) is 4.62. The molecule has 0 aliphatic heterocycles. The third-order valence-electron chi connectivity index (χ3n) is 2.27. The number of benzene rings is 1. The minimum absolute atomic E-state index is 0.0755. The molecule has 1 aromatic rings. The van der Waals surface area contributed by atoms with Gasteiger partial charge in [-0.2, -0.15) is 13.2 Å². The molecule has 0 spiro atoms. The van der Waals surface area contributed by atoms with Gasteiger partial charge in [0.25, 0.3) is 0 Å². The molecular weight excluding hydrogens is 247 g/mol. The number of amidine groups is 1. The topological polar surface area (TPSA) is 70.6 Å². The number of nitrogens with two attached hydrogens (primary N) is 1. The molecule has 0 unspecified atom stereocenters. The molecule has 0 radical (unpaired) electrons. The van der Waals surface area contributed by atoms with Crippen molar-refractivity contribution in [3.8, 4) is 0 Å². The van der Waals surface area contributed by atoms with Crippen molar-refractivity contribution in [2.75, 3.05) is 6.54 Å². The molecule has 0 saturated heterocycles. The number of oxime groups is 1. The molecule has 18 heavy (non-hydrogen) atoms. The van der Waals surface area contributed by atoms with Crippen LogP contribution in [0.3, 0.4) is 0 Å². The van der Waals surface area contributed by atoms with E-state index >= 15 is 0 Å². The van der Waals surface area contributed by atoms with E-state index in [-0.39, 0.29) is 5.84 Å². The van der Waals surface area contributed by atoms with E-state index in [4.69, 9.17) is 10.9 Å². The maximum Gasteiger partial charge on any atom is 0.416 e. The Bertz CT molecular complexity index is 418. The van der Waals surface area contributed by atoms with E-state index in [2.05, 4.69) is 10.5 Å². The summed E-state index contributed by atoms with van der Waals surface area (Å²) in [7, 11) is 0. The summed E-state index contributed by atoms with van der Waals surface area (Å²) in [5, 5.41) is 14.0. The molecule has 0 aliphatic rings. The number of alkyl halides is 3. The number of hydrogen-bond acceptors (Lipinski definition) is 3. The molecule has 1 rings (SSSR count). The fourth-order valence-electron chi connectivity index (χ4n) is 1.36. The van der Waals surface area contributed by atoms with Gasteiger partial charge in [0.2, 0.25) is 0 Å². The highest BCUT2D eigenvalue weighted by molar-refractivity contribution is 5.79. The Labute approximate surface area is 102 Å². The van der Waals surface area contributed by atoms with Crippen molar-refractivity contribution in [3.63, 3.8) is 0 Å². The summed E-state index contributed by atoms with van der Waals surface area (Å²) in [6, 6.07) is 5.09. The quantitative estimate of drug-likeness (QED) is 0.249. The summed E-state index contributed by atoms with van der Waals surface area (Å²) in [6.45, 7) is 0.717. The predicted octanol–water partition coefficient (Wildman–Crippen LogP) is 1.93. The zero-order chi connectivity index (χ0) is 13.6. The van der Waals surface area contributed by atoms with Gasteiger partial charge in [-0.05, 0) is 11.6 Å². The Balaban J connectivity index is 2.48. The van der Waals surface area contributed by atoms with Gasteiger partial charge in [0.15, 0.2) is 0 Å². The van der Waals surface area contributed by atoms with E-state index in [0.29, 0.717) is 25.1 Å². The van der Waals surface area contributed by atoms with E-state index in [1.165, 1.54) is 6.07 Å². The van der Waals surface area contributed by atoms with Crippen LogP contribution in [0, 0.1) is 0 Å². The molecule has 4 nitrogen and oxygen atoms in total. The maximum absolute atomic E-state index is 12.4. The molecular formula is C11H14F3N3O. The SMILES string of the molecule is NC(CCNCc1cccc(C(F)(F)F)c1)=NO. The van der Waals surface area contributed by atoms with Crippen molar-refractivity contribution in [1.82, 2.24) is 5.32 Å². The van der Waals surface area contributed by atoms with Gasteiger partial charge in [-0.25, -0.2) is 0 Å². The van der Waals surface area contributed by atoms with E-state index in [1.54, 1.807) is 6.07 Å². The van der Waals surface area contributed by atoms with Crippen molar-refractivity contribution in [2.45, 2.75) is 19.1 Å². The monoisotopic (exact) mass is 261 g/mol. The molecule has 0 heterocycles. The first-order valence-electron chi connectivity index (χ1n) is 5.26. The van der Waals surface area contributed by atoms with E-state index < -0.39 is 11.7 Å². The van der Waals surface area contributed by atoms with Gasteiger partial charge in [-0.15, -0.1) is 0 Å². The zero-order valence-electron chi connectivity index (χ0n) is 9.54. The van der Waals surface area contributed by atoms with Crippen LogP contribution in [-0.2, 0) is 12.7 Å². The van der Waals surface area contributed by atoms with Gasteiger partial charge in [0.05, 0.1) is 5.56 Å². The van der Waals surface area contributed by atoms with Crippen molar-refractivity contribution in [2.24, 2.45) is 10.9 Å². The zero-order valence-corrected chi connectivity index (χ0v) is 9.54. The van der Waals surface area contributed by atoms with Crippen molar-refractivity contribution in [1.29, 1.82) is 0 Å². The van der Waals surface area contributed by atoms with Gasteiger partial charge in [0, 0.05) is 19.5 Å². The second-order valence-electron chi connectivity index (χ2n) is 3.72. The first kappa shape index (κ1) is 14.3. The summed E-state index contributed by atoms with van der Waals surface area (Å²) in [5.41, 5.74) is 5.11. The molecule has 0 amide bonds. The highest BCUT2D eigenvalue weighted by Crippen LogP contribution is 2.29. The van der Waals surface area contributed by atoms with E-state index in [0.717, 1.165) is 12.1 Å². The summed E-state index contributed by atoms with van der Waals surface area (Å²) in [6.07, 6.45) is -4.00. The minimum atomic E-state index is -4.33. The van der Waals surface area contributed by atoms with Crippen LogP contribution in [-0.4, -0.2) is 17.6 Å². The molecule has 7 heteroatoms. The average molecular weight is 261 g/mol. The second kappa shape index (κ2) is 6.25. The summed E-state index contributed by atoms with van der Waals surface area (Å²) in [5.74, 6) is 0.0755. The normalized spacial score (nSPS) is 12.7. The van der Waals surface area contributed by atoms with Crippen LogP contribution in [0.4, 0.5) is 13.2 Å². The van der Waals surface area contributed by atoms with Crippen molar-refractivity contribution >= 4 is 5.84 Å². The second-order valence-corrected chi connectivity index (χ2v) is 3.72. The lowest BCUT2D eigenvalue weighted by Crippen LogP contribution is -2.22. The van der Waals surface area contributed by atoms with Crippen molar-refractivity contribution in [3.05, 3.63) is 35.4 Å². The Kier molecular flexibility index (Phi) is 4.96. The first-order valence-corrected chi connectivity index (χ1v) is 5.26. The highest BCUT2D eigenvalue weighted by atomic mass is 19.4. The van der Waals surface area contributed by atoms with Crippen LogP contribution in [0.1, 0.15) is 17.5 Å². The molecule has 0 saturated carbocycles. The lowest BCUT2D eigenvalue weighted by Gasteiger charge is -2.09. The van der Waals surface area contributed by atoms with Crippen LogP contribution < -0.4 is 11.1 Å². The van der Waals surface area contributed by atoms with Crippen molar-refractivity contribution < 1.29 is 18.4 Å². The Morgan fingerprint density at radius 3 is 2.72 bits per heavy atom. The third-order valence-corrected chi connectivity index (χ3v) is 2.27. The fourth-order valence-corrected chi connectivity index (χ4v) is 1.36. The molecule has 0 fully saturated rings. The van der Waals surface area contributed by atoms with E-state index in [9.17, 15) is 13.2 Å². The number of halogens is 3. The molecule has 1 aromatic carbocycles. The lowest BCUT2D eigenvalue weighted by atomic mass is 10.1. The number of nitrogens with one attached hydrogen (secondary N) is 1. The van der Waals surface area contributed by atoms with Gasteiger partial charge in [-0.3, -0.25) is 0 Å². The number of rotatable bonds is 5. The molecule has 0 atom stereocenters. The summed E-state index contributed by atoms with van der Waals surface area (Å²) >= 11 is 0. The molecule has 0 aromatic heterocycles. The van der Waals surface area contributed by atoms with Gasteiger partial charge < -0.3 is 16.3 Å². The predicted molar refractivity (Wildman–Crippen MR) is 61.2 cm³/mol. The fraction of sp³-hybridized carbons (Fsp3) is 0.364. The molecule has 0 bridgehead atoms. The van der Waals surface area contributed by atoms with Crippen LogP contribution in [0.25, 0.3) is 0 Å². The van der Waals surface area contributed by atoms with Crippen LogP contribution in [0.5, 0.6) is 0 Å². The van der Waals surface area contributed by atoms with Gasteiger partial charge in [0.1, 0.15) is 5.84 Å². The van der Waals surface area contributed by atoms with Crippen LogP contribution >= 0.6 is 0 Å². The largest absolute Gasteiger partial charge is 0.416 e. The van der Waals surface area contributed by atoms with Gasteiger partial charge >= 0.3 is 6.18 Å². The smallest absolute Gasteiger partial charge is 0.409 e. The average Bonchev–Trinajstić information content (AvgIpc) is 2.33. The van der Waals surface area contributed by atoms with Crippen LogP contribution in [0.15, 0.2) is 29.4 Å². The Hall–Kier alpha value is -1.76. The first-order chi connectivity index (χ1) is 8.43. The summed E-state index contributed by atoms with van der Waals surface area (Å²) in [4.78, 5) is 0. The molecule has 0 aliphatic carbocycles. The molecule has 100 valence electrons. The highest BCUT2D eigenvalue weighted by Gasteiger charge is 2.30. The Morgan fingerprint density at radius 2 is 2.11 bits per heavy atom. The summed E-state index contributed by atoms with van der Waals surface area (Å²) < 4.78 is 37.3. The molecule has 4 N–H and O–H groups in total. The Morgan fingerprint density at radius 1 is 1.39 bits per heavy atom. The lowest BCUT2D eigenvalue weighted by molar-refractivity contribution is -0.137. The number of hydrogen-bond donors (Lipinski definition) is 3. The number of nitrogens with zero attached hydrogens (tertiary/aromatic N) is 1. The standard InChI is InChI=1S/C11H14F3N3O/c12-11(13,14)9-3-1-2-8(6-9)7-16-5-4-10(15)17-18/h1-3,6,16,18H,4-5,7H2,(H2,15,17). The van der Waals surface area contributed by atoms with E-state index in [1.807, 2.05) is 0 Å².